The number of hydrogen-bond donors (Lipinski definition) is 2. The molecule has 4 heteroatoms. The largest absolute Gasteiger partial charge is 0.356 e. The highest BCUT2D eigenvalue weighted by Gasteiger charge is 2.24. The van der Waals surface area contributed by atoms with Gasteiger partial charge in [0.15, 0.2) is 5.78 Å². The summed E-state index contributed by atoms with van der Waals surface area (Å²) in [5.41, 5.74) is 3.87. The molecule has 2 N–H and O–H groups in total. The molecule has 1 aromatic carbocycles. The van der Waals surface area contributed by atoms with E-state index in [0.717, 1.165) is 29.6 Å². The minimum absolute atomic E-state index is 0.00522. The van der Waals surface area contributed by atoms with Crippen molar-refractivity contribution < 1.29 is 9.59 Å². The Morgan fingerprint density at radius 2 is 1.78 bits per heavy atom. The minimum atomic E-state index is -0.129. The van der Waals surface area contributed by atoms with Crippen molar-refractivity contribution in [2.24, 2.45) is 0 Å². The summed E-state index contributed by atoms with van der Waals surface area (Å²) < 4.78 is 0. The molecular formula is C23H28N2O2. The molecule has 142 valence electrons. The number of aromatic amines is 1. The summed E-state index contributed by atoms with van der Waals surface area (Å²) in [5, 5.41) is 3.05. The predicted molar refractivity (Wildman–Crippen MR) is 108 cm³/mol. The average molecular weight is 364 g/mol. The fourth-order valence-corrected chi connectivity index (χ4v) is 3.91. The van der Waals surface area contributed by atoms with Gasteiger partial charge in [-0.05, 0) is 38.3 Å². The lowest BCUT2D eigenvalue weighted by molar-refractivity contribution is 0.0933. The lowest BCUT2D eigenvalue weighted by Crippen LogP contribution is -2.32. The van der Waals surface area contributed by atoms with Crippen LogP contribution in [0.5, 0.6) is 0 Å². The second-order valence-corrected chi connectivity index (χ2v) is 7.63. The van der Waals surface area contributed by atoms with Crippen LogP contribution in [0.25, 0.3) is 0 Å². The van der Waals surface area contributed by atoms with Crippen molar-refractivity contribution in [3.8, 4) is 0 Å². The zero-order chi connectivity index (χ0) is 19.4. The maximum absolute atomic E-state index is 13.2. The van der Waals surface area contributed by atoms with Crippen LogP contribution in [-0.4, -0.2) is 22.7 Å². The van der Waals surface area contributed by atoms with Crippen LogP contribution in [0, 0.1) is 0 Å². The van der Waals surface area contributed by atoms with Crippen LogP contribution >= 0.6 is 0 Å². The molecule has 1 unspecified atom stereocenters. The van der Waals surface area contributed by atoms with E-state index in [1.165, 1.54) is 12.8 Å². The number of Topliss-reactive ketones (excluding diaryl/α,β-unsaturated/α-hetero) is 1. The molecule has 4 nitrogen and oxygen atoms in total. The molecule has 1 aliphatic rings. The number of benzene rings is 1. The van der Waals surface area contributed by atoms with Crippen LogP contribution in [0.3, 0.4) is 0 Å². The highest BCUT2D eigenvalue weighted by Crippen LogP contribution is 2.29. The van der Waals surface area contributed by atoms with Crippen LogP contribution in [0.4, 0.5) is 0 Å². The summed E-state index contributed by atoms with van der Waals surface area (Å²) >= 11 is 0. The lowest BCUT2D eigenvalue weighted by Gasteiger charge is -2.17. The smallest absolute Gasteiger partial charge is 0.267 e. The van der Waals surface area contributed by atoms with Gasteiger partial charge in [-0.15, -0.1) is 0 Å². The van der Waals surface area contributed by atoms with Crippen LogP contribution in [0.2, 0.25) is 0 Å². The Morgan fingerprint density at radius 1 is 1.11 bits per heavy atom. The van der Waals surface area contributed by atoms with E-state index in [0.29, 0.717) is 11.3 Å². The van der Waals surface area contributed by atoms with E-state index >= 15 is 0 Å². The zero-order valence-corrected chi connectivity index (χ0v) is 16.3. The first kappa shape index (κ1) is 19.2. The maximum Gasteiger partial charge on any atom is 0.267 e. The SMILES string of the molecule is CC(C)=C(C(=O)c1c[nH]c(C(=O)NC2CCCC2)c1)C(C)c1ccccc1. The molecule has 0 aliphatic heterocycles. The predicted octanol–water partition coefficient (Wildman–Crippen LogP) is 5.01. The van der Waals surface area contributed by atoms with Gasteiger partial charge in [0.2, 0.25) is 0 Å². The number of carbonyl (C=O) groups is 2. The third-order valence-electron chi connectivity index (χ3n) is 5.40. The number of H-pyrrole nitrogens is 1. The van der Waals surface area contributed by atoms with Crippen molar-refractivity contribution in [3.05, 3.63) is 70.6 Å². The van der Waals surface area contributed by atoms with Gasteiger partial charge in [0.25, 0.3) is 5.91 Å². The topological polar surface area (TPSA) is 62.0 Å². The third-order valence-corrected chi connectivity index (χ3v) is 5.40. The number of ketones is 1. The first-order chi connectivity index (χ1) is 13.0. The second-order valence-electron chi connectivity index (χ2n) is 7.63. The van der Waals surface area contributed by atoms with E-state index in [1.807, 2.05) is 44.2 Å². The van der Waals surface area contributed by atoms with E-state index in [4.69, 9.17) is 0 Å². The standard InChI is InChI=1S/C23H28N2O2/c1-15(2)21(16(3)17-9-5-4-6-10-17)22(26)18-13-20(24-14-18)23(27)25-19-11-7-8-12-19/h4-6,9-10,13-14,16,19,24H,7-8,11-12H2,1-3H3,(H,25,27). The molecule has 1 atom stereocenters. The van der Waals surface area contributed by atoms with E-state index in [9.17, 15) is 9.59 Å². The van der Waals surface area contributed by atoms with Gasteiger partial charge in [-0.3, -0.25) is 9.59 Å². The molecule has 1 amide bonds. The summed E-state index contributed by atoms with van der Waals surface area (Å²) in [6, 6.07) is 12.0. The molecule has 0 radical (unpaired) electrons. The molecule has 1 heterocycles. The van der Waals surface area contributed by atoms with E-state index in [-0.39, 0.29) is 23.7 Å². The number of allylic oxidation sites excluding steroid dienone is 2. The first-order valence-electron chi connectivity index (χ1n) is 9.73. The Kier molecular flexibility index (Phi) is 5.94. The van der Waals surface area contributed by atoms with Gasteiger partial charge < -0.3 is 10.3 Å². The molecule has 1 saturated carbocycles. The Morgan fingerprint density at radius 3 is 2.41 bits per heavy atom. The second kappa shape index (κ2) is 8.38. The van der Waals surface area contributed by atoms with Crippen molar-refractivity contribution in [2.75, 3.05) is 0 Å². The number of carbonyl (C=O) groups excluding carboxylic acids is 2. The van der Waals surface area contributed by atoms with Gasteiger partial charge in [-0.2, -0.15) is 0 Å². The van der Waals surface area contributed by atoms with Gasteiger partial charge in [-0.25, -0.2) is 0 Å². The van der Waals surface area contributed by atoms with Gasteiger partial charge in [0.05, 0.1) is 0 Å². The Labute approximate surface area is 161 Å². The fourth-order valence-electron chi connectivity index (χ4n) is 3.91. The number of amides is 1. The van der Waals surface area contributed by atoms with Gasteiger partial charge in [0.1, 0.15) is 5.69 Å². The molecular weight excluding hydrogens is 336 g/mol. The highest BCUT2D eigenvalue weighted by atomic mass is 16.2. The average Bonchev–Trinajstić information content (AvgIpc) is 3.34. The van der Waals surface area contributed by atoms with E-state index in [1.54, 1.807) is 12.3 Å². The summed E-state index contributed by atoms with van der Waals surface area (Å²) in [6.07, 6.45) is 6.05. The van der Waals surface area contributed by atoms with Crippen LogP contribution < -0.4 is 5.32 Å². The number of rotatable bonds is 6. The first-order valence-corrected chi connectivity index (χ1v) is 9.73. The summed E-state index contributed by atoms with van der Waals surface area (Å²) in [4.78, 5) is 28.6. The van der Waals surface area contributed by atoms with Crippen LogP contribution in [-0.2, 0) is 0 Å². The number of nitrogens with one attached hydrogen (secondary N) is 2. The van der Waals surface area contributed by atoms with Gasteiger partial charge in [0, 0.05) is 29.3 Å². The van der Waals surface area contributed by atoms with Gasteiger partial charge >= 0.3 is 0 Å². The van der Waals surface area contributed by atoms with Crippen LogP contribution in [0.1, 0.15) is 78.8 Å². The van der Waals surface area contributed by atoms with Crippen molar-refractivity contribution in [3.63, 3.8) is 0 Å². The molecule has 27 heavy (non-hydrogen) atoms. The summed E-state index contributed by atoms with van der Waals surface area (Å²) in [6.45, 7) is 5.98. The van der Waals surface area contributed by atoms with Crippen molar-refractivity contribution in [1.82, 2.24) is 10.3 Å². The Balaban J connectivity index is 1.78. The number of aromatic nitrogens is 1. The molecule has 2 aromatic rings. The molecule has 0 spiro atoms. The van der Waals surface area contributed by atoms with E-state index < -0.39 is 0 Å². The zero-order valence-electron chi connectivity index (χ0n) is 16.3. The van der Waals surface area contributed by atoms with Crippen molar-refractivity contribution >= 4 is 11.7 Å². The summed E-state index contributed by atoms with van der Waals surface area (Å²) in [7, 11) is 0. The van der Waals surface area contributed by atoms with Crippen LogP contribution in [0.15, 0.2) is 53.7 Å². The quantitative estimate of drug-likeness (QED) is 0.559. The van der Waals surface area contributed by atoms with Crippen molar-refractivity contribution in [2.45, 2.75) is 58.4 Å². The normalized spacial score (nSPS) is 15.4. The molecule has 0 saturated heterocycles. The molecule has 0 bridgehead atoms. The van der Waals surface area contributed by atoms with Gasteiger partial charge in [-0.1, -0.05) is 55.7 Å². The molecule has 1 aliphatic carbocycles. The maximum atomic E-state index is 13.2. The fraction of sp³-hybridized carbons (Fsp3) is 0.391. The number of hydrogen-bond acceptors (Lipinski definition) is 2. The highest BCUT2D eigenvalue weighted by molar-refractivity contribution is 6.11. The third kappa shape index (κ3) is 4.38. The molecule has 3 rings (SSSR count). The molecule has 1 aromatic heterocycles. The molecule has 1 fully saturated rings. The lowest BCUT2D eigenvalue weighted by atomic mass is 9.86. The summed E-state index contributed by atoms with van der Waals surface area (Å²) in [5.74, 6) is -0.160. The van der Waals surface area contributed by atoms with Crippen molar-refractivity contribution in [1.29, 1.82) is 0 Å². The Hall–Kier alpha value is -2.62. The minimum Gasteiger partial charge on any atom is -0.356 e. The van der Waals surface area contributed by atoms with E-state index in [2.05, 4.69) is 17.2 Å². The Bertz CT molecular complexity index is 838. The monoisotopic (exact) mass is 364 g/mol.